The van der Waals surface area contributed by atoms with Crippen molar-refractivity contribution in [3.63, 3.8) is 0 Å². The van der Waals surface area contributed by atoms with E-state index < -0.39 is 0 Å². The average molecular weight is 415 g/mol. The number of ketones is 2. The predicted octanol–water partition coefficient (Wildman–Crippen LogP) is 5.73. The van der Waals surface area contributed by atoms with Crippen molar-refractivity contribution in [2.75, 3.05) is 0 Å². The molecule has 31 heavy (non-hydrogen) atoms. The Balaban J connectivity index is 1.74. The molecule has 0 amide bonds. The first kappa shape index (κ1) is 21.2. The molecule has 2 heterocycles. The number of carbonyl (C=O) groups is 2. The summed E-state index contributed by atoms with van der Waals surface area (Å²) in [7, 11) is 0. The van der Waals surface area contributed by atoms with E-state index in [1.165, 1.54) is 0 Å². The van der Waals surface area contributed by atoms with Gasteiger partial charge in [-0.25, -0.2) is 0 Å². The topological polar surface area (TPSA) is 62.8 Å². The van der Waals surface area contributed by atoms with Crippen molar-refractivity contribution in [3.8, 4) is 11.3 Å². The van der Waals surface area contributed by atoms with Gasteiger partial charge in [-0.1, -0.05) is 45.0 Å². The largest absolute Gasteiger partial charge is 0.358 e. The molecule has 1 N–H and O–H groups in total. The smallest absolute Gasteiger partial charge is 0.165 e. The van der Waals surface area contributed by atoms with E-state index in [9.17, 15) is 9.59 Å². The second-order valence-corrected chi connectivity index (χ2v) is 9.47. The minimum Gasteiger partial charge on any atom is -0.358 e. The number of hydrogen-bond acceptors (Lipinski definition) is 3. The molecule has 0 saturated heterocycles. The van der Waals surface area contributed by atoms with Crippen molar-refractivity contribution in [1.29, 1.82) is 0 Å². The highest BCUT2D eigenvalue weighted by Gasteiger charge is 2.35. The van der Waals surface area contributed by atoms with Gasteiger partial charge >= 0.3 is 0 Å². The van der Waals surface area contributed by atoms with Gasteiger partial charge in [0.2, 0.25) is 0 Å². The maximum absolute atomic E-state index is 13.2. The van der Waals surface area contributed by atoms with Crippen molar-refractivity contribution in [3.05, 3.63) is 76.7 Å². The number of benzene rings is 1. The summed E-state index contributed by atoms with van der Waals surface area (Å²) in [6.45, 7) is 6.33. The summed E-state index contributed by atoms with van der Waals surface area (Å²) in [6.07, 6.45) is 7.61. The zero-order valence-electron chi connectivity index (χ0n) is 18.6. The summed E-state index contributed by atoms with van der Waals surface area (Å²) in [5, 5.41) is 0. The lowest BCUT2D eigenvalue weighted by Gasteiger charge is -2.28. The van der Waals surface area contributed by atoms with Crippen LogP contribution in [0.3, 0.4) is 0 Å². The number of aromatic amines is 1. The molecule has 0 radical (unpaired) electrons. The first-order chi connectivity index (χ1) is 14.9. The Hall–Kier alpha value is -3.01. The Morgan fingerprint density at radius 3 is 2.58 bits per heavy atom. The summed E-state index contributed by atoms with van der Waals surface area (Å²) < 4.78 is 0. The highest BCUT2D eigenvalue weighted by Crippen LogP contribution is 2.40. The first-order valence-corrected chi connectivity index (χ1v) is 11.1. The third kappa shape index (κ3) is 4.68. The second-order valence-electron chi connectivity index (χ2n) is 9.47. The Kier molecular flexibility index (Phi) is 5.90. The molecule has 0 fully saturated rings. The zero-order chi connectivity index (χ0) is 22.0. The molecule has 2 aromatic heterocycles. The van der Waals surface area contributed by atoms with Crippen LogP contribution < -0.4 is 0 Å². The van der Waals surface area contributed by atoms with Gasteiger partial charge in [-0.2, -0.15) is 0 Å². The predicted molar refractivity (Wildman–Crippen MR) is 123 cm³/mol. The molecule has 0 aliphatic heterocycles. The average Bonchev–Trinajstić information content (AvgIpc) is 3.06. The summed E-state index contributed by atoms with van der Waals surface area (Å²) in [4.78, 5) is 33.0. The molecule has 0 atom stereocenters. The van der Waals surface area contributed by atoms with Crippen molar-refractivity contribution in [2.24, 2.45) is 5.41 Å². The molecule has 3 aromatic rings. The maximum atomic E-state index is 13.2. The summed E-state index contributed by atoms with van der Waals surface area (Å²) in [6, 6.07) is 12.2. The van der Waals surface area contributed by atoms with Gasteiger partial charge in [-0.3, -0.25) is 14.6 Å². The van der Waals surface area contributed by atoms with Crippen LogP contribution in [-0.2, 0) is 24.1 Å². The molecule has 0 saturated carbocycles. The molecule has 1 aromatic carbocycles. The molecule has 4 nitrogen and oxygen atoms in total. The van der Waals surface area contributed by atoms with E-state index in [-0.39, 0.29) is 17.0 Å². The molecule has 160 valence electrons. The number of rotatable bonds is 7. The van der Waals surface area contributed by atoms with Gasteiger partial charge in [0.15, 0.2) is 5.78 Å². The quantitative estimate of drug-likeness (QED) is 0.537. The van der Waals surface area contributed by atoms with Gasteiger partial charge in [0.05, 0.1) is 5.69 Å². The number of hydrogen-bond donors (Lipinski definition) is 1. The Labute approximate surface area is 184 Å². The van der Waals surface area contributed by atoms with Crippen molar-refractivity contribution in [1.82, 2.24) is 9.97 Å². The minimum atomic E-state index is -0.0404. The van der Waals surface area contributed by atoms with Crippen LogP contribution in [0.5, 0.6) is 0 Å². The summed E-state index contributed by atoms with van der Waals surface area (Å²) in [5.74, 6) is 0.487. The molecule has 1 aliphatic rings. The molecule has 0 bridgehead atoms. The molecule has 1 aliphatic carbocycles. The van der Waals surface area contributed by atoms with Crippen molar-refractivity contribution in [2.45, 2.75) is 59.3 Å². The van der Waals surface area contributed by atoms with Crippen LogP contribution in [-0.4, -0.2) is 21.5 Å². The number of aromatic nitrogens is 2. The number of nitrogens with zero attached hydrogens (tertiary/aromatic N) is 1. The van der Waals surface area contributed by atoms with Crippen LogP contribution in [0.15, 0.2) is 48.8 Å². The van der Waals surface area contributed by atoms with Gasteiger partial charge in [-0.05, 0) is 47.1 Å². The Morgan fingerprint density at radius 1 is 1.10 bits per heavy atom. The molecule has 0 unspecified atom stereocenters. The van der Waals surface area contributed by atoms with E-state index in [4.69, 9.17) is 0 Å². The lowest BCUT2D eigenvalue weighted by atomic mass is 9.75. The Bertz CT molecular complexity index is 1110. The van der Waals surface area contributed by atoms with Gasteiger partial charge in [-0.15, -0.1) is 0 Å². The highest BCUT2D eigenvalue weighted by molar-refractivity contribution is 6.02. The highest BCUT2D eigenvalue weighted by atomic mass is 16.1. The number of pyridine rings is 1. The molecular formula is C27H30N2O2. The van der Waals surface area contributed by atoms with E-state index in [1.807, 2.05) is 31.2 Å². The standard InChI is InChI=1S/C27H30N2O2/c1-4-6-21(30)14-18-7-5-8-19(13-18)15-22-25-23(16-27(2,3)17-24(25)31)29-26(22)20-9-11-28-12-10-20/h5,7-13,29H,4,6,14-17H2,1-3H3. The lowest BCUT2D eigenvalue weighted by molar-refractivity contribution is -0.118. The van der Waals surface area contributed by atoms with E-state index in [1.54, 1.807) is 12.4 Å². The summed E-state index contributed by atoms with van der Waals surface area (Å²) in [5.41, 5.74) is 7.12. The minimum absolute atomic E-state index is 0.0404. The third-order valence-corrected chi connectivity index (χ3v) is 6.03. The number of fused-ring (bicyclic) bond motifs is 1. The number of H-pyrrole nitrogens is 1. The molecule has 4 rings (SSSR count). The van der Waals surface area contributed by atoms with Crippen LogP contribution in [0.4, 0.5) is 0 Å². The number of Topliss-reactive ketones (excluding diaryl/α,β-unsaturated/α-hetero) is 2. The molecule has 4 heteroatoms. The van der Waals surface area contributed by atoms with Crippen LogP contribution >= 0.6 is 0 Å². The summed E-state index contributed by atoms with van der Waals surface area (Å²) >= 11 is 0. The third-order valence-electron chi connectivity index (χ3n) is 6.03. The fourth-order valence-corrected chi connectivity index (χ4v) is 4.72. The lowest BCUT2D eigenvalue weighted by Crippen LogP contribution is -2.27. The fourth-order valence-electron chi connectivity index (χ4n) is 4.72. The zero-order valence-corrected chi connectivity index (χ0v) is 18.6. The van der Waals surface area contributed by atoms with Gasteiger partial charge in [0.25, 0.3) is 0 Å². The first-order valence-electron chi connectivity index (χ1n) is 11.1. The van der Waals surface area contributed by atoms with Crippen molar-refractivity contribution >= 4 is 11.6 Å². The second kappa shape index (κ2) is 8.62. The van der Waals surface area contributed by atoms with Crippen LogP contribution in [0, 0.1) is 5.41 Å². The number of nitrogens with one attached hydrogen (secondary N) is 1. The molecular weight excluding hydrogens is 384 g/mol. The van der Waals surface area contributed by atoms with E-state index in [0.29, 0.717) is 25.7 Å². The fraction of sp³-hybridized carbons (Fsp3) is 0.370. The maximum Gasteiger partial charge on any atom is 0.165 e. The van der Waals surface area contributed by atoms with Gasteiger partial charge in [0.1, 0.15) is 5.78 Å². The monoisotopic (exact) mass is 414 g/mol. The van der Waals surface area contributed by atoms with Crippen LogP contribution in [0.2, 0.25) is 0 Å². The van der Waals surface area contributed by atoms with Crippen LogP contribution in [0.1, 0.15) is 72.8 Å². The van der Waals surface area contributed by atoms with Gasteiger partial charge in [0, 0.05) is 54.9 Å². The van der Waals surface area contributed by atoms with Crippen molar-refractivity contribution < 1.29 is 9.59 Å². The van der Waals surface area contributed by atoms with E-state index in [2.05, 4.69) is 35.9 Å². The van der Waals surface area contributed by atoms with E-state index in [0.717, 1.165) is 52.0 Å². The van der Waals surface area contributed by atoms with Crippen LogP contribution in [0.25, 0.3) is 11.3 Å². The number of carbonyl (C=O) groups excluding carboxylic acids is 2. The van der Waals surface area contributed by atoms with Gasteiger partial charge < -0.3 is 4.98 Å². The SMILES string of the molecule is CCCC(=O)Cc1cccc(Cc2c(-c3ccncc3)[nH]c3c2C(=O)CC(C)(C)C3)c1. The van der Waals surface area contributed by atoms with E-state index >= 15 is 0 Å². The Morgan fingerprint density at radius 2 is 1.84 bits per heavy atom. The molecule has 0 spiro atoms. The normalized spacial score (nSPS) is 15.0.